The molecule has 2 aliphatic carbocycles. The number of nitrogens with one attached hydrogen (secondary N) is 2. The Kier molecular flexibility index (Phi) is 10.8. The van der Waals surface area contributed by atoms with Crippen LogP contribution in [-0.2, 0) is 9.47 Å². The normalized spacial score (nSPS) is 14.4. The summed E-state index contributed by atoms with van der Waals surface area (Å²) in [5.74, 6) is 0.112. The molecule has 6 rings (SSSR count). The molecule has 46 heavy (non-hydrogen) atoms. The van der Waals surface area contributed by atoms with Crippen LogP contribution in [0.25, 0.3) is 22.3 Å². The third-order valence-electron chi connectivity index (χ3n) is 8.94. The summed E-state index contributed by atoms with van der Waals surface area (Å²) in [6, 6.07) is 33.7. The summed E-state index contributed by atoms with van der Waals surface area (Å²) in [7, 11) is 0. The summed E-state index contributed by atoms with van der Waals surface area (Å²) in [6.45, 7) is 4.85. The number of benzene rings is 4. The van der Waals surface area contributed by atoms with E-state index in [0.717, 1.165) is 23.5 Å². The Morgan fingerprint density at radius 3 is 1.17 bits per heavy atom. The molecular weight excluding hydrogens is 706 g/mol. The summed E-state index contributed by atoms with van der Waals surface area (Å²) in [6.07, 6.45) is 1.02. The number of amides is 2. The molecule has 0 saturated carbocycles. The molecule has 8 heteroatoms. The van der Waals surface area contributed by atoms with Crippen molar-refractivity contribution in [2.75, 3.05) is 13.2 Å². The average Bonchev–Trinajstić information content (AvgIpc) is 3.59. The topological polar surface area (TPSA) is 76.7 Å². The van der Waals surface area contributed by atoms with Crippen LogP contribution in [-0.4, -0.2) is 63.7 Å². The van der Waals surface area contributed by atoms with E-state index in [2.05, 4.69) is 97.3 Å². The zero-order valence-corrected chi connectivity index (χ0v) is 29.7. The summed E-state index contributed by atoms with van der Waals surface area (Å²) in [4.78, 5) is 25.6. The Hall–Kier alpha value is -3.54. The Balaban J connectivity index is 0.917. The first kappa shape index (κ1) is 32.4. The number of ether oxygens (including phenoxy) is 2. The van der Waals surface area contributed by atoms with Crippen molar-refractivity contribution < 1.29 is 19.1 Å². The number of carbonyl (C=O) groups is 2. The van der Waals surface area contributed by atoms with Crippen molar-refractivity contribution in [2.45, 2.75) is 61.2 Å². The molecule has 0 radical (unpaired) electrons. The number of fused-ring (bicyclic) bond motifs is 6. The van der Waals surface area contributed by atoms with Crippen LogP contribution in [0.2, 0.25) is 10.6 Å². The molecule has 2 amide bonds. The third kappa shape index (κ3) is 7.21. The maximum absolute atomic E-state index is 12.8. The van der Waals surface area contributed by atoms with Crippen LogP contribution in [0.4, 0.5) is 9.59 Å². The summed E-state index contributed by atoms with van der Waals surface area (Å²) < 4.78 is 11.6. The fourth-order valence-corrected chi connectivity index (χ4v) is 14.5. The van der Waals surface area contributed by atoms with Gasteiger partial charge in [0.15, 0.2) is 0 Å². The van der Waals surface area contributed by atoms with Gasteiger partial charge in [-0.05, 0) is 0 Å². The van der Waals surface area contributed by atoms with Crippen molar-refractivity contribution >= 4 is 38.4 Å². The molecule has 2 N–H and O–H groups in total. The van der Waals surface area contributed by atoms with Crippen molar-refractivity contribution in [3.05, 3.63) is 119 Å². The Bertz CT molecular complexity index is 1460. The molecule has 0 spiro atoms. The van der Waals surface area contributed by atoms with Gasteiger partial charge >= 0.3 is 284 Å². The fraction of sp³-hybridized carbons (Fsp3) is 0.316. The van der Waals surface area contributed by atoms with Gasteiger partial charge in [0, 0.05) is 0 Å². The quantitative estimate of drug-likeness (QED) is 0.108. The summed E-state index contributed by atoms with van der Waals surface area (Å²) in [5, 5.41) is 8.12. The van der Waals surface area contributed by atoms with Crippen molar-refractivity contribution in [2.24, 2.45) is 0 Å². The molecule has 0 aromatic heterocycles. The standard InChI is InChI=1S/C38H40N2O4Se2/c1-3-25(39-37(41)43-21-35-31-17-9-5-13-27(31)28-14-6-10-18-32(28)35)23-45-46-24-26(4-2)40-38(42)44-22-36-33-19-11-7-15-29(33)30-16-8-12-20-34(30)36/h5-20,25-26,35-36H,3-4,21-24H2,1-2H3,(H,39,41)(H,40,42)/t25-,26-/m0/s1. The van der Waals surface area contributed by atoms with E-state index in [0.29, 0.717) is 39.5 Å². The minimum atomic E-state index is -0.347. The van der Waals surface area contributed by atoms with Gasteiger partial charge in [-0.25, -0.2) is 0 Å². The molecular formula is C38H40N2O4Se2. The van der Waals surface area contributed by atoms with E-state index < -0.39 is 0 Å². The molecule has 238 valence electrons. The van der Waals surface area contributed by atoms with E-state index in [9.17, 15) is 9.59 Å². The van der Waals surface area contributed by atoms with Crippen molar-refractivity contribution in [1.82, 2.24) is 10.6 Å². The van der Waals surface area contributed by atoms with Gasteiger partial charge in [0.2, 0.25) is 0 Å². The SMILES string of the molecule is CC[C@@H](C[Se][Se]C[C@H](CC)NC(=O)OCC1c2ccccc2-c2ccccc21)NC(=O)OCC1c2ccccc2-c2ccccc21. The molecule has 2 aliphatic rings. The molecule has 0 bridgehead atoms. The first-order valence-electron chi connectivity index (χ1n) is 16.0. The number of hydrogen-bond acceptors (Lipinski definition) is 4. The van der Waals surface area contributed by atoms with E-state index in [1.54, 1.807) is 0 Å². The van der Waals surface area contributed by atoms with Gasteiger partial charge in [-0.2, -0.15) is 0 Å². The molecule has 4 aromatic carbocycles. The van der Waals surface area contributed by atoms with Gasteiger partial charge in [0.25, 0.3) is 0 Å². The molecule has 2 atom stereocenters. The molecule has 0 heterocycles. The Morgan fingerprint density at radius 2 is 0.870 bits per heavy atom. The fourth-order valence-electron chi connectivity index (χ4n) is 6.40. The predicted octanol–water partition coefficient (Wildman–Crippen LogP) is 7.78. The van der Waals surface area contributed by atoms with Crippen LogP contribution >= 0.6 is 0 Å². The number of hydrogen-bond donors (Lipinski definition) is 2. The zero-order valence-electron chi connectivity index (χ0n) is 26.2. The molecule has 0 unspecified atom stereocenters. The van der Waals surface area contributed by atoms with Gasteiger partial charge in [0.05, 0.1) is 0 Å². The van der Waals surface area contributed by atoms with E-state index in [1.165, 1.54) is 44.5 Å². The zero-order chi connectivity index (χ0) is 31.9. The Labute approximate surface area is 282 Å². The number of alkyl carbamates (subject to hydrolysis) is 2. The van der Waals surface area contributed by atoms with Gasteiger partial charge < -0.3 is 0 Å². The van der Waals surface area contributed by atoms with E-state index in [4.69, 9.17) is 9.47 Å². The monoisotopic (exact) mass is 748 g/mol. The predicted molar refractivity (Wildman–Crippen MR) is 186 cm³/mol. The second-order valence-corrected chi connectivity index (χ2v) is 19.2. The summed E-state index contributed by atoms with van der Waals surface area (Å²) >= 11 is 0.779. The maximum atomic E-state index is 12.8. The van der Waals surface area contributed by atoms with Gasteiger partial charge in [-0.1, -0.05) is 0 Å². The van der Waals surface area contributed by atoms with E-state index in [1.807, 2.05) is 24.3 Å². The van der Waals surface area contributed by atoms with E-state index >= 15 is 0 Å². The van der Waals surface area contributed by atoms with Crippen molar-refractivity contribution in [3.63, 3.8) is 0 Å². The summed E-state index contributed by atoms with van der Waals surface area (Å²) in [5.41, 5.74) is 9.75. The number of rotatable bonds is 13. The van der Waals surface area contributed by atoms with Gasteiger partial charge in [-0.15, -0.1) is 0 Å². The van der Waals surface area contributed by atoms with Crippen LogP contribution < -0.4 is 10.6 Å². The van der Waals surface area contributed by atoms with Crippen LogP contribution in [0.15, 0.2) is 97.1 Å². The van der Waals surface area contributed by atoms with Crippen LogP contribution in [0.3, 0.4) is 0 Å². The third-order valence-corrected chi connectivity index (χ3v) is 16.3. The first-order chi connectivity index (χ1) is 22.6. The Morgan fingerprint density at radius 1 is 0.565 bits per heavy atom. The molecule has 6 nitrogen and oxygen atoms in total. The molecule has 0 fully saturated rings. The van der Waals surface area contributed by atoms with Crippen LogP contribution in [0.1, 0.15) is 60.8 Å². The minimum absolute atomic E-state index is 0.0562. The molecule has 4 aromatic rings. The first-order valence-corrected chi connectivity index (χ1v) is 22.8. The van der Waals surface area contributed by atoms with Gasteiger partial charge in [-0.3, -0.25) is 0 Å². The number of carbonyl (C=O) groups excluding carboxylic acids is 2. The van der Waals surface area contributed by atoms with Crippen molar-refractivity contribution in [3.8, 4) is 22.3 Å². The van der Waals surface area contributed by atoms with E-state index in [-0.39, 0.29) is 36.1 Å². The second-order valence-electron chi connectivity index (χ2n) is 11.7. The second kappa shape index (κ2) is 15.4. The van der Waals surface area contributed by atoms with Crippen LogP contribution in [0.5, 0.6) is 0 Å². The van der Waals surface area contributed by atoms with Crippen molar-refractivity contribution in [1.29, 1.82) is 0 Å². The molecule has 0 saturated heterocycles. The molecule has 0 aliphatic heterocycles. The average molecular weight is 747 g/mol. The van der Waals surface area contributed by atoms with Crippen LogP contribution in [0, 0.1) is 0 Å². The van der Waals surface area contributed by atoms with Gasteiger partial charge in [0.1, 0.15) is 0 Å².